The average Bonchev–Trinajstić information content (AvgIpc) is 2.46. The van der Waals surface area contributed by atoms with Crippen molar-refractivity contribution in [2.24, 2.45) is 0 Å². The van der Waals surface area contributed by atoms with Gasteiger partial charge in [0.15, 0.2) is 0 Å². The molecule has 1 heterocycles. The van der Waals surface area contributed by atoms with Crippen LogP contribution in [0.25, 0.3) is 11.9 Å². The van der Waals surface area contributed by atoms with E-state index in [4.69, 9.17) is 5.11 Å². The molecular weight excluding hydrogens is 185 g/mol. The molecule has 0 atom stereocenters. The van der Waals surface area contributed by atoms with Crippen LogP contribution in [0.15, 0.2) is 25.4 Å². The summed E-state index contributed by atoms with van der Waals surface area (Å²) in [6.07, 6.45) is 2.90. The van der Waals surface area contributed by atoms with Crippen LogP contribution in [0.4, 0.5) is 4.39 Å². The smallest absolute Gasteiger partial charge is 0.323 e. The second kappa shape index (κ2) is 3.91. The first-order valence-electron chi connectivity index (χ1n) is 3.94. The molecule has 0 radical (unpaired) electrons. The molecule has 0 aliphatic rings. The predicted octanol–water partition coefficient (Wildman–Crippen LogP) is 2.16. The fourth-order valence-electron chi connectivity index (χ4n) is 1.23. The number of hydrogen-bond donors (Lipinski definition) is 1. The molecule has 14 heavy (non-hydrogen) atoms. The van der Waals surface area contributed by atoms with Crippen LogP contribution in [0.5, 0.6) is 0 Å². The van der Waals surface area contributed by atoms with Gasteiger partial charge in [0.05, 0.1) is 5.69 Å². The minimum absolute atomic E-state index is 0.214. The maximum absolute atomic E-state index is 12.8. The van der Waals surface area contributed by atoms with E-state index in [9.17, 15) is 9.18 Å². The summed E-state index contributed by atoms with van der Waals surface area (Å²) in [5, 5.41) is 8.56. The number of carbonyl (C=O) groups is 1. The normalized spacial score (nSPS) is 9.79. The molecule has 0 fully saturated rings. The van der Waals surface area contributed by atoms with Crippen LogP contribution in [0.1, 0.15) is 11.3 Å². The Balaban J connectivity index is 3.13. The lowest BCUT2D eigenvalue weighted by Crippen LogP contribution is -2.09. The molecule has 1 aromatic rings. The summed E-state index contributed by atoms with van der Waals surface area (Å²) >= 11 is 0. The van der Waals surface area contributed by atoms with Crippen molar-refractivity contribution in [3.05, 3.63) is 36.7 Å². The Labute approximate surface area is 80.8 Å². The molecule has 1 rings (SSSR count). The number of aromatic nitrogens is 1. The number of carboxylic acids is 1. The van der Waals surface area contributed by atoms with Crippen molar-refractivity contribution in [1.82, 2.24) is 4.57 Å². The second-order valence-electron chi connectivity index (χ2n) is 2.75. The molecule has 74 valence electrons. The van der Waals surface area contributed by atoms with Gasteiger partial charge in [-0.25, -0.2) is 4.39 Å². The zero-order valence-electron chi connectivity index (χ0n) is 7.53. The van der Waals surface area contributed by atoms with E-state index in [2.05, 4.69) is 13.2 Å². The Kier molecular flexibility index (Phi) is 2.86. The number of carboxylic acid groups (broad SMARTS) is 1. The van der Waals surface area contributed by atoms with Crippen LogP contribution in [-0.2, 0) is 11.3 Å². The summed E-state index contributed by atoms with van der Waals surface area (Å²) in [6.45, 7) is 6.43. The van der Waals surface area contributed by atoms with Gasteiger partial charge in [-0.15, -0.1) is 0 Å². The Morgan fingerprint density at radius 3 is 2.79 bits per heavy atom. The SMILES string of the molecule is C=Cc1c(C(=C)F)ccn1CC(=O)O. The van der Waals surface area contributed by atoms with Gasteiger partial charge >= 0.3 is 5.97 Å². The van der Waals surface area contributed by atoms with Crippen LogP contribution >= 0.6 is 0 Å². The Hall–Kier alpha value is -1.84. The van der Waals surface area contributed by atoms with Gasteiger partial charge in [-0.3, -0.25) is 4.79 Å². The molecule has 0 amide bonds. The van der Waals surface area contributed by atoms with Gasteiger partial charge in [-0.2, -0.15) is 0 Å². The molecule has 1 N–H and O–H groups in total. The van der Waals surface area contributed by atoms with E-state index in [1.807, 2.05) is 0 Å². The summed E-state index contributed by atoms with van der Waals surface area (Å²) in [4.78, 5) is 10.4. The molecule has 0 aliphatic carbocycles. The number of rotatable bonds is 4. The minimum Gasteiger partial charge on any atom is -0.480 e. The Morgan fingerprint density at radius 1 is 1.71 bits per heavy atom. The quantitative estimate of drug-likeness (QED) is 0.799. The lowest BCUT2D eigenvalue weighted by Gasteiger charge is -2.03. The summed E-state index contributed by atoms with van der Waals surface area (Å²) in [5.41, 5.74) is 0.709. The van der Waals surface area contributed by atoms with Crippen molar-refractivity contribution >= 4 is 17.9 Å². The van der Waals surface area contributed by atoms with E-state index in [1.165, 1.54) is 22.9 Å². The largest absolute Gasteiger partial charge is 0.480 e. The maximum atomic E-state index is 12.8. The van der Waals surface area contributed by atoms with Crippen molar-refractivity contribution in [3.8, 4) is 0 Å². The maximum Gasteiger partial charge on any atom is 0.323 e. The molecule has 0 saturated carbocycles. The van der Waals surface area contributed by atoms with Crippen LogP contribution in [0.3, 0.4) is 0 Å². The second-order valence-corrected chi connectivity index (χ2v) is 2.75. The molecular formula is C10H10FNO2. The highest BCUT2D eigenvalue weighted by Crippen LogP contribution is 2.21. The van der Waals surface area contributed by atoms with Gasteiger partial charge in [-0.05, 0) is 12.1 Å². The third kappa shape index (κ3) is 1.90. The third-order valence-electron chi connectivity index (χ3n) is 1.80. The first kappa shape index (κ1) is 10.2. The highest BCUT2D eigenvalue weighted by atomic mass is 19.1. The lowest BCUT2D eigenvalue weighted by atomic mass is 10.2. The van der Waals surface area contributed by atoms with Gasteiger partial charge in [0.25, 0.3) is 0 Å². The fraction of sp³-hybridized carbons (Fsp3) is 0.100. The fourth-order valence-corrected chi connectivity index (χ4v) is 1.23. The monoisotopic (exact) mass is 195 g/mol. The highest BCUT2D eigenvalue weighted by molar-refractivity contribution is 5.70. The van der Waals surface area contributed by atoms with Crippen molar-refractivity contribution in [2.45, 2.75) is 6.54 Å². The summed E-state index contributed by atoms with van der Waals surface area (Å²) in [6, 6.07) is 1.47. The highest BCUT2D eigenvalue weighted by Gasteiger charge is 2.10. The molecule has 4 heteroatoms. The molecule has 0 unspecified atom stereocenters. The van der Waals surface area contributed by atoms with E-state index in [0.717, 1.165) is 0 Å². The number of nitrogens with zero attached hydrogens (tertiary/aromatic N) is 1. The topological polar surface area (TPSA) is 42.2 Å². The molecule has 0 aromatic carbocycles. The average molecular weight is 195 g/mol. The Morgan fingerprint density at radius 2 is 2.36 bits per heavy atom. The number of halogens is 1. The first-order chi connectivity index (χ1) is 6.56. The van der Waals surface area contributed by atoms with Crippen molar-refractivity contribution in [3.63, 3.8) is 0 Å². The van der Waals surface area contributed by atoms with E-state index in [-0.39, 0.29) is 12.1 Å². The molecule has 1 aromatic heterocycles. The van der Waals surface area contributed by atoms with Crippen molar-refractivity contribution in [1.29, 1.82) is 0 Å². The predicted molar refractivity (Wildman–Crippen MR) is 52.3 cm³/mol. The zero-order chi connectivity index (χ0) is 10.7. The standard InChI is InChI=1S/C10H10FNO2/c1-3-9-8(7(2)11)4-5-12(9)6-10(13)14/h3-5H,1-2,6H2,(H,13,14). The third-order valence-corrected chi connectivity index (χ3v) is 1.80. The van der Waals surface area contributed by atoms with Gasteiger partial charge in [-0.1, -0.05) is 13.2 Å². The molecule has 0 bridgehead atoms. The van der Waals surface area contributed by atoms with E-state index >= 15 is 0 Å². The summed E-state index contributed by atoms with van der Waals surface area (Å²) in [5.74, 6) is -1.58. The minimum atomic E-state index is -0.986. The van der Waals surface area contributed by atoms with Gasteiger partial charge < -0.3 is 9.67 Å². The van der Waals surface area contributed by atoms with Crippen LogP contribution in [0, 0.1) is 0 Å². The van der Waals surface area contributed by atoms with Crippen molar-refractivity contribution in [2.75, 3.05) is 0 Å². The molecule has 0 aliphatic heterocycles. The van der Waals surface area contributed by atoms with E-state index in [1.54, 1.807) is 0 Å². The molecule has 3 nitrogen and oxygen atoms in total. The summed E-state index contributed by atoms with van der Waals surface area (Å²) in [7, 11) is 0. The van der Waals surface area contributed by atoms with Gasteiger partial charge in [0, 0.05) is 11.8 Å². The van der Waals surface area contributed by atoms with Crippen LogP contribution in [0.2, 0.25) is 0 Å². The zero-order valence-corrected chi connectivity index (χ0v) is 7.53. The number of aliphatic carboxylic acids is 1. The van der Waals surface area contributed by atoms with Crippen LogP contribution in [-0.4, -0.2) is 15.6 Å². The van der Waals surface area contributed by atoms with Gasteiger partial charge in [0.2, 0.25) is 0 Å². The van der Waals surface area contributed by atoms with Crippen molar-refractivity contribution < 1.29 is 14.3 Å². The van der Waals surface area contributed by atoms with E-state index < -0.39 is 11.8 Å². The molecule has 0 saturated heterocycles. The van der Waals surface area contributed by atoms with E-state index in [0.29, 0.717) is 5.69 Å². The first-order valence-corrected chi connectivity index (χ1v) is 3.94. The number of hydrogen-bond acceptors (Lipinski definition) is 1. The van der Waals surface area contributed by atoms with Gasteiger partial charge in [0.1, 0.15) is 12.4 Å². The Bertz CT molecular complexity index is 393. The molecule has 0 spiro atoms. The lowest BCUT2D eigenvalue weighted by molar-refractivity contribution is -0.137. The van der Waals surface area contributed by atoms with Crippen LogP contribution < -0.4 is 0 Å². The summed E-state index contributed by atoms with van der Waals surface area (Å²) < 4.78 is 14.2.